The molecule has 0 aliphatic rings. The fraction of sp³-hybridized carbons (Fsp3) is 0.100. The number of carbonyl (C=O) groups excluding carboxylic acids is 1. The fourth-order valence-electron chi connectivity index (χ4n) is 2.54. The Bertz CT molecular complexity index is 1080. The molecule has 0 radical (unpaired) electrons. The summed E-state index contributed by atoms with van der Waals surface area (Å²) < 4.78 is 25.5. The normalized spacial score (nSPS) is 10.9. The van der Waals surface area contributed by atoms with Gasteiger partial charge in [-0.25, -0.2) is 13.4 Å². The van der Waals surface area contributed by atoms with Crippen LogP contribution in [0.25, 0.3) is 0 Å². The lowest BCUT2D eigenvalue weighted by Crippen LogP contribution is -2.18. The average molecular weight is 396 g/mol. The predicted octanol–water partition coefficient (Wildman–Crippen LogP) is 3.76. The molecule has 1 aromatic heterocycles. The Labute approximate surface area is 163 Å². The van der Waals surface area contributed by atoms with Gasteiger partial charge in [-0.05, 0) is 43.3 Å². The van der Waals surface area contributed by atoms with E-state index in [2.05, 4.69) is 20.3 Å². The second-order valence-electron chi connectivity index (χ2n) is 6.30. The average Bonchev–Trinajstić information content (AvgIpc) is 2.64. The van der Waals surface area contributed by atoms with E-state index in [9.17, 15) is 13.2 Å². The summed E-state index contributed by atoms with van der Waals surface area (Å²) >= 11 is 0. The zero-order chi connectivity index (χ0) is 20.1. The number of benzene rings is 2. The van der Waals surface area contributed by atoms with Crippen LogP contribution in [0.4, 0.5) is 22.9 Å². The van der Waals surface area contributed by atoms with Crippen molar-refractivity contribution in [2.45, 2.75) is 6.92 Å². The molecule has 28 heavy (non-hydrogen) atoms. The SMILES string of the molecule is Cc1ccc(NS(C)(=O)=O)c(C(=O)Nc2ccc(Nc3ccccc3)nc2)c1. The van der Waals surface area contributed by atoms with Crippen LogP contribution in [-0.4, -0.2) is 25.6 Å². The maximum Gasteiger partial charge on any atom is 0.257 e. The molecule has 0 aliphatic carbocycles. The third-order valence-corrected chi connectivity index (χ3v) is 4.37. The number of amides is 1. The Balaban J connectivity index is 1.75. The van der Waals surface area contributed by atoms with Gasteiger partial charge in [0.25, 0.3) is 5.91 Å². The molecule has 1 amide bonds. The fourth-order valence-corrected chi connectivity index (χ4v) is 3.12. The monoisotopic (exact) mass is 396 g/mol. The van der Waals surface area contributed by atoms with Crippen LogP contribution in [-0.2, 0) is 10.0 Å². The topological polar surface area (TPSA) is 100 Å². The molecule has 7 nitrogen and oxygen atoms in total. The molecule has 3 aromatic rings. The predicted molar refractivity (Wildman–Crippen MR) is 112 cm³/mol. The van der Waals surface area contributed by atoms with E-state index >= 15 is 0 Å². The Morgan fingerprint density at radius 2 is 1.71 bits per heavy atom. The molecule has 2 aromatic carbocycles. The third-order valence-electron chi connectivity index (χ3n) is 3.78. The number of sulfonamides is 1. The number of nitrogens with zero attached hydrogens (tertiary/aromatic N) is 1. The Morgan fingerprint density at radius 3 is 2.36 bits per heavy atom. The van der Waals surface area contributed by atoms with Crippen molar-refractivity contribution in [1.29, 1.82) is 0 Å². The number of aromatic nitrogens is 1. The summed E-state index contributed by atoms with van der Waals surface area (Å²) in [6.07, 6.45) is 2.57. The first-order valence-corrected chi connectivity index (χ1v) is 10.4. The number of nitrogens with one attached hydrogen (secondary N) is 3. The lowest BCUT2D eigenvalue weighted by atomic mass is 10.1. The molecule has 144 valence electrons. The summed E-state index contributed by atoms with van der Waals surface area (Å²) in [5, 5.41) is 5.90. The molecule has 0 unspecified atom stereocenters. The number of carbonyl (C=O) groups is 1. The molecule has 0 aliphatic heterocycles. The molecule has 0 fully saturated rings. The number of para-hydroxylation sites is 1. The van der Waals surface area contributed by atoms with E-state index in [-0.39, 0.29) is 11.3 Å². The first-order chi connectivity index (χ1) is 13.3. The van der Waals surface area contributed by atoms with Crippen molar-refractivity contribution in [3.05, 3.63) is 78.0 Å². The van der Waals surface area contributed by atoms with Crippen molar-refractivity contribution in [3.63, 3.8) is 0 Å². The van der Waals surface area contributed by atoms with Gasteiger partial charge in [0.2, 0.25) is 10.0 Å². The molecular weight excluding hydrogens is 376 g/mol. The smallest absolute Gasteiger partial charge is 0.257 e. The zero-order valence-electron chi connectivity index (χ0n) is 15.4. The number of aryl methyl sites for hydroxylation is 1. The van der Waals surface area contributed by atoms with Gasteiger partial charge in [0.1, 0.15) is 5.82 Å². The molecule has 0 bridgehead atoms. The van der Waals surface area contributed by atoms with Crippen molar-refractivity contribution in [1.82, 2.24) is 4.98 Å². The van der Waals surface area contributed by atoms with E-state index in [1.165, 1.54) is 6.20 Å². The molecule has 0 spiro atoms. The zero-order valence-corrected chi connectivity index (χ0v) is 16.2. The van der Waals surface area contributed by atoms with Crippen LogP contribution in [0.5, 0.6) is 0 Å². The largest absolute Gasteiger partial charge is 0.340 e. The summed E-state index contributed by atoms with van der Waals surface area (Å²) in [4.78, 5) is 16.9. The molecule has 0 atom stereocenters. The van der Waals surface area contributed by atoms with Gasteiger partial charge in [-0.2, -0.15) is 0 Å². The van der Waals surface area contributed by atoms with Gasteiger partial charge in [0, 0.05) is 5.69 Å². The number of pyridine rings is 1. The van der Waals surface area contributed by atoms with E-state index in [1.54, 1.807) is 30.3 Å². The van der Waals surface area contributed by atoms with Crippen molar-refractivity contribution in [3.8, 4) is 0 Å². The standard InChI is InChI=1S/C20H20N4O3S/c1-14-8-10-18(24-28(2,26)27)17(12-14)20(25)23-16-9-11-19(21-13-16)22-15-6-4-3-5-7-15/h3-13,24H,1-2H3,(H,21,22)(H,23,25). The highest BCUT2D eigenvalue weighted by atomic mass is 32.2. The number of anilines is 4. The Kier molecular flexibility index (Phi) is 5.60. The molecule has 0 saturated carbocycles. The van der Waals surface area contributed by atoms with Crippen molar-refractivity contribution < 1.29 is 13.2 Å². The Morgan fingerprint density at radius 1 is 0.964 bits per heavy atom. The van der Waals surface area contributed by atoms with Gasteiger partial charge in [0.05, 0.1) is 29.4 Å². The van der Waals surface area contributed by atoms with Crippen molar-refractivity contribution in [2.75, 3.05) is 21.6 Å². The minimum Gasteiger partial charge on any atom is -0.340 e. The van der Waals surface area contributed by atoms with Crippen LogP contribution in [0, 0.1) is 6.92 Å². The first-order valence-electron chi connectivity index (χ1n) is 8.48. The lowest BCUT2D eigenvalue weighted by Gasteiger charge is -2.12. The summed E-state index contributed by atoms with van der Waals surface area (Å²) in [5.41, 5.74) is 2.70. The lowest BCUT2D eigenvalue weighted by molar-refractivity contribution is 0.102. The first kappa shape index (κ1) is 19.4. The van der Waals surface area contributed by atoms with Crippen molar-refractivity contribution in [2.24, 2.45) is 0 Å². The van der Waals surface area contributed by atoms with Crippen LogP contribution in [0.15, 0.2) is 66.9 Å². The van der Waals surface area contributed by atoms with Crippen LogP contribution in [0.3, 0.4) is 0 Å². The summed E-state index contributed by atoms with van der Waals surface area (Å²) in [6.45, 7) is 1.83. The van der Waals surface area contributed by atoms with Crippen LogP contribution in [0.1, 0.15) is 15.9 Å². The highest BCUT2D eigenvalue weighted by molar-refractivity contribution is 7.92. The van der Waals surface area contributed by atoms with E-state index < -0.39 is 15.9 Å². The number of rotatable bonds is 6. The van der Waals surface area contributed by atoms with Gasteiger partial charge in [-0.15, -0.1) is 0 Å². The van der Waals surface area contributed by atoms with Crippen LogP contribution < -0.4 is 15.4 Å². The second-order valence-corrected chi connectivity index (χ2v) is 8.05. The van der Waals surface area contributed by atoms with E-state index in [0.717, 1.165) is 17.5 Å². The minimum absolute atomic E-state index is 0.223. The van der Waals surface area contributed by atoms with E-state index in [0.29, 0.717) is 11.5 Å². The quantitative estimate of drug-likeness (QED) is 0.589. The van der Waals surface area contributed by atoms with Gasteiger partial charge in [0.15, 0.2) is 0 Å². The number of hydrogen-bond donors (Lipinski definition) is 3. The van der Waals surface area contributed by atoms with Gasteiger partial charge in [-0.3, -0.25) is 9.52 Å². The summed E-state index contributed by atoms with van der Waals surface area (Å²) in [7, 11) is -3.50. The molecule has 8 heteroatoms. The number of hydrogen-bond acceptors (Lipinski definition) is 5. The maximum atomic E-state index is 12.7. The molecule has 1 heterocycles. The maximum absolute atomic E-state index is 12.7. The van der Waals surface area contributed by atoms with Crippen molar-refractivity contribution >= 4 is 38.8 Å². The van der Waals surface area contributed by atoms with Crippen LogP contribution >= 0.6 is 0 Å². The molecule has 0 saturated heterocycles. The Hall–Kier alpha value is -3.39. The highest BCUT2D eigenvalue weighted by Gasteiger charge is 2.15. The van der Waals surface area contributed by atoms with E-state index in [4.69, 9.17) is 0 Å². The van der Waals surface area contributed by atoms with Gasteiger partial charge in [-0.1, -0.05) is 29.8 Å². The minimum atomic E-state index is -3.50. The molecule has 3 rings (SSSR count). The van der Waals surface area contributed by atoms with Gasteiger partial charge < -0.3 is 10.6 Å². The third kappa shape index (κ3) is 5.31. The molecular formula is C20H20N4O3S. The summed E-state index contributed by atoms with van der Waals surface area (Å²) in [6, 6.07) is 18.0. The highest BCUT2D eigenvalue weighted by Crippen LogP contribution is 2.21. The van der Waals surface area contributed by atoms with E-state index in [1.807, 2.05) is 37.3 Å². The molecule has 3 N–H and O–H groups in total. The second kappa shape index (κ2) is 8.10. The summed E-state index contributed by atoms with van der Waals surface area (Å²) in [5.74, 6) is 0.208. The van der Waals surface area contributed by atoms with Crippen LogP contribution in [0.2, 0.25) is 0 Å². The van der Waals surface area contributed by atoms with Gasteiger partial charge >= 0.3 is 0 Å².